The summed E-state index contributed by atoms with van der Waals surface area (Å²) in [5, 5.41) is 3.10. The van der Waals surface area contributed by atoms with Gasteiger partial charge >= 0.3 is 0 Å². The molecular formula is C16H21IN2O2. The van der Waals surface area contributed by atoms with Gasteiger partial charge < -0.3 is 10.1 Å². The molecule has 3 rings (SSSR count). The molecule has 0 bridgehead atoms. The third kappa shape index (κ3) is 3.18. The molecule has 5 heteroatoms. The zero-order valence-electron chi connectivity index (χ0n) is 12.3. The Morgan fingerprint density at radius 1 is 1.52 bits per heavy atom. The highest BCUT2D eigenvalue weighted by atomic mass is 123. The first-order valence-electron chi connectivity index (χ1n) is 7.66. The predicted molar refractivity (Wildman–Crippen MR) is 91.0 cm³/mol. The Balaban J connectivity index is 1.69. The van der Waals surface area contributed by atoms with Gasteiger partial charge in [0.15, 0.2) is 0 Å². The van der Waals surface area contributed by atoms with Gasteiger partial charge in [0.1, 0.15) is 5.75 Å². The monoisotopic (exact) mass is 396 g/mol. The number of nitrogens with zero attached hydrogens (tertiary/aromatic N) is 1. The van der Waals surface area contributed by atoms with Crippen LogP contribution in [-0.4, -0.2) is 43.1 Å². The number of hydrogen-bond donors (Lipinski definition) is 1. The third-order valence-electron chi connectivity index (χ3n) is 4.40. The Bertz CT molecular complexity index is 547. The molecule has 0 spiro atoms. The van der Waals surface area contributed by atoms with E-state index < -0.39 is 0 Å². The van der Waals surface area contributed by atoms with Gasteiger partial charge in [-0.3, -0.25) is 9.69 Å². The zero-order chi connectivity index (χ0) is 14.8. The Morgan fingerprint density at radius 3 is 3.19 bits per heavy atom. The summed E-state index contributed by atoms with van der Waals surface area (Å²) in [6.45, 7) is 5.80. The van der Waals surface area contributed by atoms with Crippen LogP contribution >= 0.6 is 22.6 Å². The molecule has 1 aromatic carbocycles. The molecule has 114 valence electrons. The fraction of sp³-hybridized carbons (Fsp3) is 0.562. The summed E-state index contributed by atoms with van der Waals surface area (Å²) in [6.07, 6.45) is 3.31. The van der Waals surface area contributed by atoms with Crippen LogP contribution < -0.4 is 10.1 Å². The van der Waals surface area contributed by atoms with Gasteiger partial charge in [-0.2, -0.15) is 0 Å². The number of fused-ring (bicyclic) bond motifs is 1. The van der Waals surface area contributed by atoms with Gasteiger partial charge in [-0.1, -0.05) is 6.92 Å². The van der Waals surface area contributed by atoms with Gasteiger partial charge in [0.05, 0.1) is 12.2 Å². The number of ether oxygens (including phenoxy) is 1. The summed E-state index contributed by atoms with van der Waals surface area (Å²) in [5.74, 6) is 0.779. The first-order valence-corrected chi connectivity index (χ1v) is 8.74. The molecule has 1 N–H and O–H groups in total. The van der Waals surface area contributed by atoms with E-state index in [9.17, 15) is 4.79 Å². The van der Waals surface area contributed by atoms with Gasteiger partial charge in [0.2, 0.25) is 0 Å². The number of halogens is 1. The van der Waals surface area contributed by atoms with E-state index in [2.05, 4.69) is 45.8 Å². The summed E-state index contributed by atoms with van der Waals surface area (Å²) < 4.78 is 6.74. The van der Waals surface area contributed by atoms with Crippen LogP contribution in [0.1, 0.15) is 35.7 Å². The molecule has 1 amide bonds. The molecule has 0 unspecified atom stereocenters. The van der Waals surface area contributed by atoms with Crippen molar-refractivity contribution in [1.82, 2.24) is 10.2 Å². The summed E-state index contributed by atoms with van der Waals surface area (Å²) in [4.78, 5) is 14.9. The second-order valence-corrected chi connectivity index (χ2v) is 6.92. The minimum Gasteiger partial charge on any atom is -0.492 e. The van der Waals surface area contributed by atoms with Crippen LogP contribution in [0.3, 0.4) is 0 Å². The maximum Gasteiger partial charge on any atom is 0.255 e. The number of nitrogens with one attached hydrogen (secondary N) is 1. The molecule has 2 aliphatic rings. The highest BCUT2D eigenvalue weighted by Gasteiger charge is 2.25. The summed E-state index contributed by atoms with van der Waals surface area (Å²) in [6, 6.07) is 4.51. The smallest absolute Gasteiger partial charge is 0.255 e. The molecule has 2 heterocycles. The molecule has 0 radical (unpaired) electrons. The normalized spacial score (nSPS) is 21.1. The van der Waals surface area contributed by atoms with E-state index in [-0.39, 0.29) is 5.91 Å². The Morgan fingerprint density at radius 2 is 2.38 bits per heavy atom. The van der Waals surface area contributed by atoms with E-state index in [1.807, 2.05) is 6.07 Å². The molecule has 1 saturated heterocycles. The van der Waals surface area contributed by atoms with Gasteiger partial charge in [-0.05, 0) is 66.2 Å². The lowest BCUT2D eigenvalue weighted by Crippen LogP contribution is -2.40. The van der Waals surface area contributed by atoms with Crippen molar-refractivity contribution in [2.45, 2.75) is 32.2 Å². The van der Waals surface area contributed by atoms with Gasteiger partial charge in [-0.15, -0.1) is 0 Å². The van der Waals surface area contributed by atoms with Crippen LogP contribution in [0.15, 0.2) is 12.1 Å². The number of amides is 1. The van der Waals surface area contributed by atoms with Crippen molar-refractivity contribution in [1.29, 1.82) is 0 Å². The van der Waals surface area contributed by atoms with E-state index in [1.165, 1.54) is 12.8 Å². The van der Waals surface area contributed by atoms with Crippen molar-refractivity contribution in [2.24, 2.45) is 0 Å². The van der Waals surface area contributed by atoms with Crippen molar-refractivity contribution in [2.75, 3.05) is 26.2 Å². The Hall–Kier alpha value is -0.820. The fourth-order valence-corrected chi connectivity index (χ4v) is 3.97. The maximum absolute atomic E-state index is 12.5. The highest BCUT2D eigenvalue weighted by molar-refractivity contribution is 14.1. The molecule has 4 nitrogen and oxygen atoms in total. The SMILES string of the molecule is CCN1CCC[C@H]1CNC(=O)c1cc([123I])cc2c1OCC2. The second kappa shape index (κ2) is 6.52. The molecule has 1 atom stereocenters. The number of hydrogen-bond acceptors (Lipinski definition) is 3. The molecule has 0 aromatic heterocycles. The minimum atomic E-state index is -0.00498. The topological polar surface area (TPSA) is 41.6 Å². The molecule has 1 aromatic rings. The van der Waals surface area contributed by atoms with Crippen LogP contribution in [0.25, 0.3) is 0 Å². The van der Waals surface area contributed by atoms with Crippen molar-refractivity contribution >= 4 is 28.5 Å². The largest absolute Gasteiger partial charge is 0.492 e. The molecular weight excluding hydrogens is 375 g/mol. The van der Waals surface area contributed by atoms with Crippen LogP contribution in [-0.2, 0) is 6.42 Å². The molecule has 0 aliphatic carbocycles. The van der Waals surface area contributed by atoms with E-state index in [0.29, 0.717) is 18.2 Å². The van der Waals surface area contributed by atoms with E-state index >= 15 is 0 Å². The van der Waals surface area contributed by atoms with Gasteiger partial charge in [0.25, 0.3) is 5.91 Å². The minimum absolute atomic E-state index is 0.00498. The number of benzene rings is 1. The van der Waals surface area contributed by atoms with Gasteiger partial charge in [-0.25, -0.2) is 0 Å². The van der Waals surface area contributed by atoms with Crippen LogP contribution in [0.5, 0.6) is 5.75 Å². The highest BCUT2D eigenvalue weighted by Crippen LogP contribution is 2.31. The predicted octanol–water partition coefficient (Wildman–Crippen LogP) is 2.44. The van der Waals surface area contributed by atoms with E-state index in [0.717, 1.165) is 40.9 Å². The first-order chi connectivity index (χ1) is 10.2. The maximum atomic E-state index is 12.5. The summed E-state index contributed by atoms with van der Waals surface area (Å²) >= 11 is 2.26. The Labute approximate surface area is 139 Å². The first kappa shape index (κ1) is 15.1. The van der Waals surface area contributed by atoms with Crippen LogP contribution in [0.2, 0.25) is 0 Å². The molecule has 0 saturated carbocycles. The second-order valence-electron chi connectivity index (χ2n) is 5.67. The standard InChI is InChI=1S/C16H21IN2O2/c1-2-19-6-3-4-13(19)10-18-16(20)14-9-12(17)8-11-5-7-21-15(11)14/h8-9,13H,2-7,10H2,1H3,(H,18,20)/t13-/m0/s1/i17-4. The number of likely N-dealkylation sites (tertiary alicyclic amines) is 1. The molecule has 2 aliphatic heterocycles. The fourth-order valence-electron chi connectivity index (χ4n) is 3.29. The molecule has 21 heavy (non-hydrogen) atoms. The average Bonchev–Trinajstić information content (AvgIpc) is 3.11. The van der Waals surface area contributed by atoms with Crippen molar-refractivity contribution in [3.05, 3.63) is 26.8 Å². The third-order valence-corrected chi connectivity index (χ3v) is 5.02. The van der Waals surface area contributed by atoms with E-state index in [1.54, 1.807) is 0 Å². The number of carbonyl (C=O) groups is 1. The van der Waals surface area contributed by atoms with Crippen LogP contribution in [0.4, 0.5) is 0 Å². The lowest BCUT2D eigenvalue weighted by Gasteiger charge is -2.23. The molecule has 1 fully saturated rings. The van der Waals surface area contributed by atoms with Crippen molar-refractivity contribution in [3.8, 4) is 5.75 Å². The summed E-state index contributed by atoms with van der Waals surface area (Å²) in [7, 11) is 0. The number of likely N-dealkylation sites (N-methyl/N-ethyl adjacent to an activating group) is 1. The summed E-state index contributed by atoms with van der Waals surface area (Å²) in [5.41, 5.74) is 1.85. The zero-order valence-corrected chi connectivity index (χ0v) is 14.5. The Kier molecular flexibility index (Phi) is 4.69. The number of carbonyl (C=O) groups excluding carboxylic acids is 1. The number of rotatable bonds is 4. The lowest BCUT2D eigenvalue weighted by atomic mass is 10.1. The van der Waals surface area contributed by atoms with Crippen molar-refractivity contribution < 1.29 is 9.53 Å². The average molecular weight is 396 g/mol. The van der Waals surface area contributed by atoms with Crippen molar-refractivity contribution in [3.63, 3.8) is 0 Å². The lowest BCUT2D eigenvalue weighted by molar-refractivity contribution is 0.0938. The van der Waals surface area contributed by atoms with Crippen LogP contribution in [0, 0.1) is 3.57 Å². The van der Waals surface area contributed by atoms with E-state index in [4.69, 9.17) is 4.74 Å². The quantitative estimate of drug-likeness (QED) is 0.796. The van der Waals surface area contributed by atoms with Gasteiger partial charge in [0, 0.05) is 22.6 Å².